The molecule has 162 valence electrons. The van der Waals surface area contributed by atoms with Crippen LogP contribution in [0.25, 0.3) is 0 Å². The number of nitrogens with two attached hydrogens (primary N) is 1. The van der Waals surface area contributed by atoms with E-state index >= 15 is 0 Å². The van der Waals surface area contributed by atoms with Gasteiger partial charge in [0.25, 0.3) is 5.91 Å². The third-order valence-corrected chi connectivity index (χ3v) is 4.78. The summed E-state index contributed by atoms with van der Waals surface area (Å²) in [5.41, 5.74) is 7.78. The van der Waals surface area contributed by atoms with Gasteiger partial charge in [0.2, 0.25) is 5.88 Å². The molecular formula is C24H26N2O5. The molecule has 0 aliphatic carbocycles. The molecule has 1 aliphatic heterocycles. The van der Waals surface area contributed by atoms with Crippen LogP contribution < -0.4 is 15.8 Å². The number of nitrogens with one attached hydrogen (secondary N) is 1. The highest BCUT2D eigenvalue weighted by Gasteiger charge is 2.39. The van der Waals surface area contributed by atoms with Crippen LogP contribution in [0.15, 0.2) is 77.4 Å². The van der Waals surface area contributed by atoms with Crippen molar-refractivity contribution in [3.8, 4) is 5.75 Å². The minimum Gasteiger partial charge on any atom is -0.494 e. The number of benzene rings is 2. The summed E-state index contributed by atoms with van der Waals surface area (Å²) >= 11 is 0. The number of allylic oxidation sites excluding steroid dienone is 1. The van der Waals surface area contributed by atoms with Crippen molar-refractivity contribution < 1.29 is 23.8 Å². The molecule has 7 heteroatoms. The van der Waals surface area contributed by atoms with Crippen molar-refractivity contribution in [3.63, 3.8) is 0 Å². The van der Waals surface area contributed by atoms with E-state index in [0.29, 0.717) is 29.4 Å². The number of amides is 1. The third kappa shape index (κ3) is 4.88. The maximum Gasteiger partial charge on any atom is 0.340 e. The number of carbonyl (C=O) groups excluding carboxylic acids is 2. The van der Waals surface area contributed by atoms with E-state index in [4.69, 9.17) is 19.9 Å². The molecule has 3 rings (SSSR count). The molecule has 0 saturated carbocycles. The summed E-state index contributed by atoms with van der Waals surface area (Å²) in [7, 11) is 0. The summed E-state index contributed by atoms with van der Waals surface area (Å²) in [6, 6.07) is 16.2. The van der Waals surface area contributed by atoms with Crippen LogP contribution >= 0.6 is 0 Å². The lowest BCUT2D eigenvalue weighted by molar-refractivity contribution is -0.139. The van der Waals surface area contributed by atoms with Crippen molar-refractivity contribution in [2.75, 3.05) is 18.5 Å². The van der Waals surface area contributed by atoms with Gasteiger partial charge in [0, 0.05) is 5.69 Å². The monoisotopic (exact) mass is 422 g/mol. The van der Waals surface area contributed by atoms with Crippen LogP contribution in [0.3, 0.4) is 0 Å². The first-order chi connectivity index (χ1) is 15.0. The molecule has 0 saturated heterocycles. The minimum atomic E-state index is -0.757. The maximum absolute atomic E-state index is 13.3. The van der Waals surface area contributed by atoms with Crippen molar-refractivity contribution in [3.05, 3.63) is 82.9 Å². The van der Waals surface area contributed by atoms with Gasteiger partial charge >= 0.3 is 5.97 Å². The van der Waals surface area contributed by atoms with Gasteiger partial charge in [0.1, 0.15) is 17.1 Å². The fourth-order valence-corrected chi connectivity index (χ4v) is 3.46. The molecule has 0 radical (unpaired) electrons. The Hall–Kier alpha value is -3.74. The quantitative estimate of drug-likeness (QED) is 0.658. The van der Waals surface area contributed by atoms with Gasteiger partial charge in [0.15, 0.2) is 0 Å². The largest absolute Gasteiger partial charge is 0.494 e. The van der Waals surface area contributed by atoms with Crippen LogP contribution in [0, 0.1) is 0 Å². The van der Waals surface area contributed by atoms with E-state index in [-0.39, 0.29) is 23.6 Å². The zero-order chi connectivity index (χ0) is 22.4. The molecule has 0 aromatic heterocycles. The van der Waals surface area contributed by atoms with Gasteiger partial charge in [-0.2, -0.15) is 0 Å². The van der Waals surface area contributed by atoms with Crippen molar-refractivity contribution >= 4 is 17.6 Å². The second-order valence-corrected chi connectivity index (χ2v) is 6.83. The predicted molar refractivity (Wildman–Crippen MR) is 117 cm³/mol. The average molecular weight is 422 g/mol. The lowest BCUT2D eigenvalue weighted by atomic mass is 9.82. The van der Waals surface area contributed by atoms with Gasteiger partial charge in [-0.1, -0.05) is 30.3 Å². The van der Waals surface area contributed by atoms with E-state index in [1.165, 1.54) is 0 Å². The van der Waals surface area contributed by atoms with Gasteiger partial charge in [-0.15, -0.1) is 0 Å². The third-order valence-electron chi connectivity index (χ3n) is 4.78. The zero-order valence-corrected chi connectivity index (χ0v) is 17.8. The van der Waals surface area contributed by atoms with E-state index in [1.807, 2.05) is 25.1 Å². The topological polar surface area (TPSA) is 99.9 Å². The highest BCUT2D eigenvalue weighted by Crippen LogP contribution is 2.40. The second kappa shape index (κ2) is 9.84. The van der Waals surface area contributed by atoms with Crippen LogP contribution in [0.4, 0.5) is 5.69 Å². The number of carbonyl (C=O) groups is 2. The van der Waals surface area contributed by atoms with Crippen LogP contribution in [0.5, 0.6) is 5.75 Å². The van der Waals surface area contributed by atoms with Crippen molar-refractivity contribution in [1.82, 2.24) is 0 Å². The first-order valence-corrected chi connectivity index (χ1v) is 10.1. The minimum absolute atomic E-state index is 0.0777. The van der Waals surface area contributed by atoms with Crippen LogP contribution in [0.2, 0.25) is 0 Å². The lowest BCUT2D eigenvalue weighted by Crippen LogP contribution is -2.31. The summed E-state index contributed by atoms with van der Waals surface area (Å²) in [5.74, 6) is -0.853. The molecule has 1 amide bonds. The van der Waals surface area contributed by atoms with Crippen LogP contribution in [0.1, 0.15) is 32.3 Å². The lowest BCUT2D eigenvalue weighted by Gasteiger charge is -2.29. The van der Waals surface area contributed by atoms with Gasteiger partial charge < -0.3 is 25.3 Å². The number of hydrogen-bond donors (Lipinski definition) is 2. The SMILES string of the molecule is CCOC(=O)C1=C(N)OC(C)=C(C(=O)Nc2ccccc2)[C@H]1c1ccc(OCC)cc1. The molecule has 0 fully saturated rings. The Kier molecular flexibility index (Phi) is 6.97. The predicted octanol–water partition coefficient (Wildman–Crippen LogP) is 3.85. The number of hydrogen-bond acceptors (Lipinski definition) is 6. The van der Waals surface area contributed by atoms with E-state index in [9.17, 15) is 9.59 Å². The summed E-state index contributed by atoms with van der Waals surface area (Å²) in [6.45, 7) is 5.94. The Labute approximate surface area is 181 Å². The highest BCUT2D eigenvalue weighted by molar-refractivity contribution is 6.08. The fourth-order valence-electron chi connectivity index (χ4n) is 3.46. The molecule has 0 spiro atoms. The normalized spacial score (nSPS) is 15.9. The van der Waals surface area contributed by atoms with E-state index in [1.54, 1.807) is 50.2 Å². The summed E-state index contributed by atoms with van der Waals surface area (Å²) in [4.78, 5) is 26.1. The van der Waals surface area contributed by atoms with Gasteiger partial charge in [-0.05, 0) is 50.6 Å². The molecule has 1 aliphatic rings. The Balaban J connectivity index is 2.06. The first kappa shape index (κ1) is 22.0. The van der Waals surface area contributed by atoms with E-state index in [0.717, 1.165) is 0 Å². The van der Waals surface area contributed by atoms with Gasteiger partial charge in [0.05, 0.1) is 24.7 Å². The van der Waals surface area contributed by atoms with Crippen LogP contribution in [-0.2, 0) is 19.1 Å². The van der Waals surface area contributed by atoms with Crippen molar-refractivity contribution in [2.24, 2.45) is 5.73 Å². The van der Waals surface area contributed by atoms with Crippen LogP contribution in [-0.4, -0.2) is 25.1 Å². The molecular weight excluding hydrogens is 396 g/mol. The number of ether oxygens (including phenoxy) is 3. The average Bonchev–Trinajstić information content (AvgIpc) is 2.74. The van der Waals surface area contributed by atoms with Crippen molar-refractivity contribution in [1.29, 1.82) is 0 Å². The number of esters is 1. The summed E-state index contributed by atoms with van der Waals surface area (Å²) < 4.78 is 16.3. The number of rotatable bonds is 7. The van der Waals surface area contributed by atoms with Crippen molar-refractivity contribution in [2.45, 2.75) is 26.7 Å². The molecule has 0 unspecified atom stereocenters. The molecule has 3 N–H and O–H groups in total. The van der Waals surface area contributed by atoms with E-state index in [2.05, 4.69) is 5.32 Å². The molecule has 1 atom stereocenters. The Bertz CT molecular complexity index is 1010. The maximum atomic E-state index is 13.3. The molecule has 7 nitrogen and oxygen atoms in total. The smallest absolute Gasteiger partial charge is 0.340 e. The molecule has 2 aromatic carbocycles. The number of anilines is 1. The first-order valence-electron chi connectivity index (χ1n) is 10.1. The molecule has 0 bridgehead atoms. The standard InChI is InChI=1S/C24H26N2O5/c1-4-29-18-13-11-16(12-14-18)20-19(23(27)26-17-9-7-6-8-10-17)15(3)31-22(25)21(20)24(28)30-5-2/h6-14,20H,4-5,25H2,1-3H3,(H,26,27)/t20-/m1/s1. The Morgan fingerprint density at radius 1 is 1.00 bits per heavy atom. The van der Waals surface area contributed by atoms with Gasteiger partial charge in [-0.3, -0.25) is 4.79 Å². The number of para-hydroxylation sites is 1. The Morgan fingerprint density at radius 2 is 1.68 bits per heavy atom. The van der Waals surface area contributed by atoms with E-state index < -0.39 is 17.8 Å². The fraction of sp³-hybridized carbons (Fsp3) is 0.250. The Morgan fingerprint density at radius 3 is 2.29 bits per heavy atom. The highest BCUT2D eigenvalue weighted by atomic mass is 16.5. The summed E-state index contributed by atoms with van der Waals surface area (Å²) in [5, 5.41) is 2.86. The van der Waals surface area contributed by atoms with Gasteiger partial charge in [-0.25, -0.2) is 4.79 Å². The molecule has 2 aromatic rings. The molecule has 31 heavy (non-hydrogen) atoms. The summed E-state index contributed by atoms with van der Waals surface area (Å²) in [6.07, 6.45) is 0. The molecule has 1 heterocycles. The zero-order valence-electron chi connectivity index (χ0n) is 17.8. The second-order valence-electron chi connectivity index (χ2n) is 6.83.